The van der Waals surface area contributed by atoms with Gasteiger partial charge in [0.25, 0.3) is 0 Å². The fraction of sp³-hybridized carbons (Fsp3) is 0.389. The molecule has 1 aromatic carbocycles. The van der Waals surface area contributed by atoms with Gasteiger partial charge in [-0.25, -0.2) is 9.67 Å². The number of ether oxygens (including phenoxy) is 1. The second-order valence-electron chi connectivity index (χ2n) is 5.87. The average Bonchev–Trinajstić information content (AvgIpc) is 3.11. The Kier molecular flexibility index (Phi) is 5.66. The summed E-state index contributed by atoms with van der Waals surface area (Å²) in [6, 6.07) is 8.26. The number of nitrogens with one attached hydrogen (secondary N) is 2. The minimum Gasteiger partial charge on any atom is -0.489 e. The Labute approximate surface area is 147 Å². The van der Waals surface area contributed by atoms with Gasteiger partial charge in [-0.15, -0.1) is 0 Å². The lowest BCUT2D eigenvalue weighted by Crippen LogP contribution is -2.46. The van der Waals surface area contributed by atoms with Gasteiger partial charge in [0.05, 0.1) is 6.54 Å². The fourth-order valence-corrected chi connectivity index (χ4v) is 2.86. The second kappa shape index (κ2) is 8.32. The summed E-state index contributed by atoms with van der Waals surface area (Å²) in [6.07, 6.45) is 5.29. The molecule has 0 bridgehead atoms. The van der Waals surface area contributed by atoms with Gasteiger partial charge in [0.15, 0.2) is 5.96 Å². The van der Waals surface area contributed by atoms with Gasteiger partial charge in [0.2, 0.25) is 0 Å². The minimum atomic E-state index is 0.285. The molecule has 2 aromatic rings. The molecule has 1 atom stereocenters. The molecule has 1 unspecified atom stereocenters. The molecule has 0 spiro atoms. The molecular weight excluding hydrogens is 316 g/mol. The van der Waals surface area contributed by atoms with Crippen LogP contribution in [0.15, 0.2) is 48.2 Å². The van der Waals surface area contributed by atoms with Crippen LogP contribution in [-0.2, 0) is 19.5 Å². The van der Waals surface area contributed by atoms with E-state index >= 15 is 0 Å². The number of guanidine groups is 1. The molecule has 1 aliphatic heterocycles. The van der Waals surface area contributed by atoms with E-state index in [0.29, 0.717) is 13.2 Å². The van der Waals surface area contributed by atoms with E-state index in [1.807, 2.05) is 28.9 Å². The van der Waals surface area contributed by atoms with Gasteiger partial charge >= 0.3 is 0 Å². The van der Waals surface area contributed by atoms with Crippen LogP contribution in [0.4, 0.5) is 0 Å². The first-order chi connectivity index (χ1) is 12.3. The van der Waals surface area contributed by atoms with E-state index in [-0.39, 0.29) is 6.04 Å². The normalized spacial score (nSPS) is 16.8. The molecule has 0 aliphatic carbocycles. The molecule has 132 valence electrons. The van der Waals surface area contributed by atoms with Crippen LogP contribution in [0.5, 0.6) is 5.75 Å². The summed E-state index contributed by atoms with van der Waals surface area (Å²) in [5.74, 6) is 2.68. The molecule has 1 aromatic heterocycles. The quantitative estimate of drug-likeness (QED) is 0.474. The van der Waals surface area contributed by atoms with Crippen molar-refractivity contribution in [2.75, 3.05) is 13.7 Å². The van der Waals surface area contributed by atoms with Crippen molar-refractivity contribution in [3.63, 3.8) is 0 Å². The number of rotatable bonds is 6. The highest BCUT2D eigenvalue weighted by molar-refractivity contribution is 5.80. The van der Waals surface area contributed by atoms with E-state index in [2.05, 4.69) is 32.3 Å². The lowest BCUT2D eigenvalue weighted by molar-refractivity contribution is 0.358. The first-order valence-electron chi connectivity index (χ1n) is 8.45. The molecule has 7 nitrogen and oxygen atoms in total. The van der Waals surface area contributed by atoms with Gasteiger partial charge < -0.3 is 15.4 Å². The molecule has 0 radical (unpaired) electrons. The van der Waals surface area contributed by atoms with Gasteiger partial charge in [0.1, 0.15) is 24.5 Å². The Morgan fingerprint density at radius 3 is 3.20 bits per heavy atom. The predicted molar refractivity (Wildman–Crippen MR) is 97.6 cm³/mol. The standard InChI is InChI=1S/C18H24N6O/c1-3-10-25-16-7-5-4-6-14(16)11-20-18(19-2)23-15-8-9-17-21-13-22-24(17)12-15/h3-7,13,15H,1,8-12H2,2H3,(H2,19,20,23). The topological polar surface area (TPSA) is 76.4 Å². The number of fused-ring (bicyclic) bond motifs is 1. The Balaban J connectivity index is 1.56. The first-order valence-corrected chi connectivity index (χ1v) is 8.45. The van der Waals surface area contributed by atoms with Crippen LogP contribution >= 0.6 is 0 Å². The predicted octanol–water partition coefficient (Wildman–Crippen LogP) is 1.52. The zero-order valence-corrected chi connectivity index (χ0v) is 14.5. The summed E-state index contributed by atoms with van der Waals surface area (Å²) >= 11 is 0. The minimum absolute atomic E-state index is 0.285. The molecular formula is C18H24N6O. The van der Waals surface area contributed by atoms with Crippen molar-refractivity contribution in [1.29, 1.82) is 0 Å². The number of aryl methyl sites for hydroxylation is 1. The van der Waals surface area contributed by atoms with E-state index in [1.54, 1.807) is 19.5 Å². The number of hydrogen-bond acceptors (Lipinski definition) is 4. The molecule has 25 heavy (non-hydrogen) atoms. The third-order valence-electron chi connectivity index (χ3n) is 4.15. The summed E-state index contributed by atoms with van der Waals surface area (Å²) in [7, 11) is 1.78. The average molecular weight is 340 g/mol. The zero-order chi connectivity index (χ0) is 17.5. The number of aromatic nitrogens is 3. The Hall–Kier alpha value is -2.83. The summed E-state index contributed by atoms with van der Waals surface area (Å²) in [5.41, 5.74) is 1.08. The van der Waals surface area contributed by atoms with Crippen molar-refractivity contribution < 1.29 is 4.74 Å². The molecule has 0 fully saturated rings. The zero-order valence-electron chi connectivity index (χ0n) is 14.5. The summed E-state index contributed by atoms with van der Waals surface area (Å²) < 4.78 is 7.65. The van der Waals surface area contributed by atoms with Crippen molar-refractivity contribution in [2.45, 2.75) is 32.0 Å². The summed E-state index contributed by atoms with van der Waals surface area (Å²) in [5, 5.41) is 11.1. The number of hydrogen-bond donors (Lipinski definition) is 2. The van der Waals surface area contributed by atoms with Crippen LogP contribution in [-0.4, -0.2) is 40.4 Å². The lowest BCUT2D eigenvalue weighted by Gasteiger charge is -2.25. The van der Waals surface area contributed by atoms with Crippen LogP contribution in [0.1, 0.15) is 17.8 Å². The van der Waals surface area contributed by atoms with E-state index < -0.39 is 0 Å². The Morgan fingerprint density at radius 2 is 2.36 bits per heavy atom. The lowest BCUT2D eigenvalue weighted by atomic mass is 10.1. The van der Waals surface area contributed by atoms with Gasteiger partial charge in [-0.2, -0.15) is 5.10 Å². The highest BCUT2D eigenvalue weighted by atomic mass is 16.5. The Bertz CT molecular complexity index is 739. The van der Waals surface area contributed by atoms with E-state index in [1.165, 1.54) is 0 Å². The van der Waals surface area contributed by atoms with E-state index in [4.69, 9.17) is 4.74 Å². The van der Waals surface area contributed by atoms with Crippen molar-refractivity contribution in [1.82, 2.24) is 25.4 Å². The van der Waals surface area contributed by atoms with E-state index in [9.17, 15) is 0 Å². The van der Waals surface area contributed by atoms with Gasteiger partial charge in [0, 0.05) is 31.6 Å². The summed E-state index contributed by atoms with van der Waals surface area (Å²) in [4.78, 5) is 8.58. The Morgan fingerprint density at radius 1 is 1.48 bits per heavy atom. The highest BCUT2D eigenvalue weighted by Crippen LogP contribution is 2.17. The third-order valence-corrected chi connectivity index (χ3v) is 4.15. The van der Waals surface area contributed by atoms with Crippen molar-refractivity contribution in [2.24, 2.45) is 4.99 Å². The van der Waals surface area contributed by atoms with Crippen LogP contribution < -0.4 is 15.4 Å². The third kappa shape index (κ3) is 4.37. The van der Waals surface area contributed by atoms with Gasteiger partial charge in [-0.3, -0.25) is 4.99 Å². The maximum absolute atomic E-state index is 5.70. The number of benzene rings is 1. The van der Waals surface area contributed by atoms with Crippen LogP contribution in [0.2, 0.25) is 0 Å². The molecule has 1 aliphatic rings. The molecule has 0 saturated heterocycles. The second-order valence-corrected chi connectivity index (χ2v) is 5.87. The van der Waals surface area contributed by atoms with Gasteiger partial charge in [-0.1, -0.05) is 30.9 Å². The van der Waals surface area contributed by atoms with Crippen molar-refractivity contribution >= 4 is 5.96 Å². The molecule has 3 rings (SSSR count). The number of para-hydroxylation sites is 1. The number of aliphatic imine (C=N–C) groups is 1. The molecule has 7 heteroatoms. The van der Waals surface area contributed by atoms with E-state index in [0.717, 1.165) is 42.5 Å². The maximum atomic E-state index is 5.70. The monoisotopic (exact) mass is 340 g/mol. The van der Waals surface area contributed by atoms with Crippen molar-refractivity contribution in [3.8, 4) is 5.75 Å². The van der Waals surface area contributed by atoms with Crippen LogP contribution in [0.25, 0.3) is 0 Å². The SMILES string of the molecule is C=CCOc1ccccc1CNC(=NC)NC1CCc2ncnn2C1. The van der Waals surface area contributed by atoms with Crippen LogP contribution in [0.3, 0.4) is 0 Å². The highest BCUT2D eigenvalue weighted by Gasteiger charge is 2.20. The number of nitrogens with zero attached hydrogens (tertiary/aromatic N) is 4. The van der Waals surface area contributed by atoms with Crippen LogP contribution in [0, 0.1) is 0 Å². The summed E-state index contributed by atoms with van der Waals surface area (Å²) in [6.45, 7) is 5.62. The largest absolute Gasteiger partial charge is 0.489 e. The fourth-order valence-electron chi connectivity index (χ4n) is 2.86. The molecule has 0 saturated carbocycles. The molecule has 0 amide bonds. The molecule has 2 heterocycles. The maximum Gasteiger partial charge on any atom is 0.191 e. The molecule has 2 N–H and O–H groups in total. The van der Waals surface area contributed by atoms with Crippen molar-refractivity contribution in [3.05, 3.63) is 54.6 Å². The first kappa shape index (κ1) is 17.0. The van der Waals surface area contributed by atoms with Gasteiger partial charge in [-0.05, 0) is 12.5 Å². The smallest absolute Gasteiger partial charge is 0.191 e.